The molecule has 3 rings (SSSR count). The van der Waals surface area contributed by atoms with Crippen molar-refractivity contribution in [3.8, 4) is 0 Å². The Morgan fingerprint density at radius 2 is 1.85 bits per heavy atom. The summed E-state index contributed by atoms with van der Waals surface area (Å²) in [7, 11) is 1.57. The Balaban J connectivity index is 1.86. The first-order chi connectivity index (χ1) is 12.6. The molecular formula is C19H22N4O3. The minimum absolute atomic E-state index is 0.0852. The van der Waals surface area contributed by atoms with Crippen molar-refractivity contribution < 1.29 is 9.59 Å². The molecule has 0 aromatic carbocycles. The van der Waals surface area contributed by atoms with Gasteiger partial charge in [0.2, 0.25) is 0 Å². The van der Waals surface area contributed by atoms with Crippen LogP contribution >= 0.6 is 0 Å². The van der Waals surface area contributed by atoms with Crippen molar-refractivity contribution in [3.63, 3.8) is 0 Å². The highest BCUT2D eigenvalue weighted by Crippen LogP contribution is 2.15. The normalized spacial score (nSPS) is 14.6. The van der Waals surface area contributed by atoms with E-state index in [1.165, 1.54) is 23.0 Å². The Morgan fingerprint density at radius 1 is 1.12 bits per heavy atom. The third-order valence-corrected chi connectivity index (χ3v) is 4.50. The second kappa shape index (κ2) is 7.95. The number of nitrogens with zero attached hydrogens (tertiary/aromatic N) is 3. The second-order valence-corrected chi connectivity index (χ2v) is 6.46. The Hall–Kier alpha value is -2.96. The first-order valence-electron chi connectivity index (χ1n) is 8.77. The zero-order chi connectivity index (χ0) is 18.5. The molecule has 26 heavy (non-hydrogen) atoms. The Bertz CT molecular complexity index is 853. The predicted molar refractivity (Wildman–Crippen MR) is 98.2 cm³/mol. The SMILES string of the molecule is Cn1cc(C(=O)N2CCCCCC2)cc(NC(=O)c2cccnc2)c1=O. The van der Waals surface area contributed by atoms with E-state index in [4.69, 9.17) is 0 Å². The van der Waals surface area contributed by atoms with Gasteiger partial charge in [-0.25, -0.2) is 0 Å². The van der Waals surface area contributed by atoms with Gasteiger partial charge in [-0.2, -0.15) is 0 Å². The van der Waals surface area contributed by atoms with Crippen molar-refractivity contribution in [2.45, 2.75) is 25.7 Å². The fourth-order valence-electron chi connectivity index (χ4n) is 3.07. The minimum atomic E-state index is -0.436. The van der Waals surface area contributed by atoms with Gasteiger partial charge in [-0.15, -0.1) is 0 Å². The van der Waals surface area contributed by atoms with Crippen molar-refractivity contribution >= 4 is 17.5 Å². The number of likely N-dealkylation sites (tertiary alicyclic amines) is 1. The maximum atomic E-state index is 12.8. The number of amides is 2. The highest BCUT2D eigenvalue weighted by Gasteiger charge is 2.20. The molecule has 2 amide bonds. The number of carbonyl (C=O) groups excluding carboxylic acids is 2. The van der Waals surface area contributed by atoms with E-state index in [0.29, 0.717) is 11.1 Å². The van der Waals surface area contributed by atoms with E-state index in [-0.39, 0.29) is 17.2 Å². The van der Waals surface area contributed by atoms with E-state index >= 15 is 0 Å². The average Bonchev–Trinajstić information content (AvgIpc) is 2.94. The molecule has 3 heterocycles. The lowest BCUT2D eigenvalue weighted by Crippen LogP contribution is -2.33. The van der Waals surface area contributed by atoms with Crippen LogP contribution in [0.15, 0.2) is 41.6 Å². The van der Waals surface area contributed by atoms with Gasteiger partial charge in [0, 0.05) is 38.7 Å². The van der Waals surface area contributed by atoms with Crippen molar-refractivity contribution in [1.29, 1.82) is 0 Å². The van der Waals surface area contributed by atoms with Gasteiger partial charge < -0.3 is 14.8 Å². The molecule has 0 bridgehead atoms. The summed E-state index contributed by atoms with van der Waals surface area (Å²) < 4.78 is 1.32. The first kappa shape index (κ1) is 17.8. The van der Waals surface area contributed by atoms with Crippen LogP contribution < -0.4 is 10.9 Å². The van der Waals surface area contributed by atoms with Crippen LogP contribution in [0.1, 0.15) is 46.4 Å². The number of rotatable bonds is 3. The van der Waals surface area contributed by atoms with Gasteiger partial charge in [0.15, 0.2) is 0 Å². The molecule has 0 atom stereocenters. The van der Waals surface area contributed by atoms with Crippen LogP contribution in [0.3, 0.4) is 0 Å². The summed E-state index contributed by atoms with van der Waals surface area (Å²) in [6.07, 6.45) is 8.74. The lowest BCUT2D eigenvalue weighted by molar-refractivity contribution is 0.0760. The second-order valence-electron chi connectivity index (χ2n) is 6.46. The first-order valence-corrected chi connectivity index (χ1v) is 8.77. The third kappa shape index (κ3) is 3.99. The molecule has 1 aliphatic heterocycles. The van der Waals surface area contributed by atoms with Gasteiger partial charge in [0.05, 0.1) is 11.1 Å². The van der Waals surface area contributed by atoms with Gasteiger partial charge in [0.25, 0.3) is 17.4 Å². The molecule has 1 N–H and O–H groups in total. The number of aromatic nitrogens is 2. The van der Waals surface area contributed by atoms with Gasteiger partial charge in [-0.3, -0.25) is 19.4 Å². The van der Waals surface area contributed by atoms with Gasteiger partial charge in [0.1, 0.15) is 5.69 Å². The van der Waals surface area contributed by atoms with Crippen LogP contribution in [0.4, 0.5) is 5.69 Å². The van der Waals surface area contributed by atoms with Crippen LogP contribution in [0.25, 0.3) is 0 Å². The molecule has 0 radical (unpaired) electrons. The Kier molecular flexibility index (Phi) is 5.46. The number of hydrogen-bond donors (Lipinski definition) is 1. The molecule has 0 saturated carbocycles. The summed E-state index contributed by atoms with van der Waals surface area (Å²) in [5, 5.41) is 2.59. The monoisotopic (exact) mass is 354 g/mol. The molecule has 7 heteroatoms. The summed E-state index contributed by atoms with van der Waals surface area (Å²) >= 11 is 0. The van der Waals surface area contributed by atoms with Gasteiger partial charge >= 0.3 is 0 Å². The molecule has 1 saturated heterocycles. The lowest BCUT2D eigenvalue weighted by atomic mass is 10.2. The number of carbonyl (C=O) groups is 2. The molecule has 0 aliphatic carbocycles. The molecule has 1 fully saturated rings. The number of pyridine rings is 2. The van der Waals surface area contributed by atoms with Gasteiger partial charge in [-0.1, -0.05) is 12.8 Å². The Labute approximate surface area is 151 Å². The van der Waals surface area contributed by atoms with Crippen molar-refractivity contribution in [1.82, 2.24) is 14.5 Å². The van der Waals surface area contributed by atoms with Crippen LogP contribution in [0.5, 0.6) is 0 Å². The van der Waals surface area contributed by atoms with E-state index in [0.717, 1.165) is 38.8 Å². The summed E-state index contributed by atoms with van der Waals surface area (Å²) in [6, 6.07) is 4.72. The minimum Gasteiger partial charge on any atom is -0.339 e. The quantitative estimate of drug-likeness (QED) is 0.914. The van der Waals surface area contributed by atoms with Gasteiger partial charge in [-0.05, 0) is 31.0 Å². The maximum Gasteiger partial charge on any atom is 0.274 e. The summed E-state index contributed by atoms with van der Waals surface area (Å²) in [5.41, 5.74) is 0.464. The van der Waals surface area contributed by atoms with Crippen LogP contribution in [-0.2, 0) is 7.05 Å². The molecule has 2 aromatic rings. The Morgan fingerprint density at radius 3 is 2.50 bits per heavy atom. The lowest BCUT2D eigenvalue weighted by Gasteiger charge is -2.21. The maximum absolute atomic E-state index is 12.8. The van der Waals surface area contributed by atoms with Crippen molar-refractivity contribution in [2.24, 2.45) is 7.05 Å². The largest absolute Gasteiger partial charge is 0.339 e. The fourth-order valence-corrected chi connectivity index (χ4v) is 3.07. The standard InChI is InChI=1S/C19H22N4O3/c1-22-13-15(18(25)23-9-4-2-3-5-10-23)11-16(19(22)26)21-17(24)14-7-6-8-20-12-14/h6-8,11-13H,2-5,9-10H2,1H3,(H,21,24). The van der Waals surface area contributed by atoms with Crippen LogP contribution in [0.2, 0.25) is 0 Å². The molecular weight excluding hydrogens is 332 g/mol. The van der Waals surface area contributed by atoms with E-state index in [9.17, 15) is 14.4 Å². The zero-order valence-electron chi connectivity index (χ0n) is 14.8. The summed E-state index contributed by atoms with van der Waals surface area (Å²) in [5.74, 6) is -0.547. The van der Waals surface area contributed by atoms with E-state index in [2.05, 4.69) is 10.3 Å². The smallest absolute Gasteiger partial charge is 0.274 e. The van der Waals surface area contributed by atoms with Crippen LogP contribution in [-0.4, -0.2) is 39.4 Å². The number of anilines is 1. The number of aryl methyl sites for hydroxylation is 1. The topological polar surface area (TPSA) is 84.3 Å². The molecule has 7 nitrogen and oxygen atoms in total. The summed E-state index contributed by atoms with van der Waals surface area (Å²) in [4.78, 5) is 43.2. The van der Waals surface area contributed by atoms with Crippen molar-refractivity contribution in [2.75, 3.05) is 18.4 Å². The highest BCUT2D eigenvalue weighted by molar-refractivity contribution is 6.04. The van der Waals surface area contributed by atoms with E-state index in [1.54, 1.807) is 25.4 Å². The van der Waals surface area contributed by atoms with E-state index < -0.39 is 5.91 Å². The van der Waals surface area contributed by atoms with Crippen LogP contribution in [0, 0.1) is 0 Å². The number of hydrogen-bond acceptors (Lipinski definition) is 4. The van der Waals surface area contributed by atoms with E-state index in [1.807, 2.05) is 4.90 Å². The molecule has 136 valence electrons. The molecule has 1 aliphatic rings. The van der Waals surface area contributed by atoms with Crippen molar-refractivity contribution in [3.05, 3.63) is 58.3 Å². The zero-order valence-corrected chi connectivity index (χ0v) is 14.8. The fraction of sp³-hybridized carbons (Fsp3) is 0.368. The third-order valence-electron chi connectivity index (χ3n) is 4.50. The predicted octanol–water partition coefficient (Wildman–Crippen LogP) is 2.05. The molecule has 0 spiro atoms. The molecule has 0 unspecified atom stereocenters. The number of nitrogens with one attached hydrogen (secondary N) is 1. The average molecular weight is 354 g/mol. The highest BCUT2D eigenvalue weighted by atomic mass is 16.2. The molecule has 2 aromatic heterocycles. The summed E-state index contributed by atoms with van der Waals surface area (Å²) in [6.45, 7) is 1.44.